The second kappa shape index (κ2) is 5.06. The third-order valence-corrected chi connectivity index (χ3v) is 3.59. The van der Waals surface area contributed by atoms with Crippen LogP contribution in [0.3, 0.4) is 0 Å². The van der Waals surface area contributed by atoms with E-state index in [4.69, 9.17) is 11.6 Å². The molecule has 5 heteroatoms. The fraction of sp³-hybridized carbons (Fsp3) is 0.133. The number of amides is 2. The molecule has 0 bridgehead atoms. The van der Waals surface area contributed by atoms with Crippen molar-refractivity contribution in [3.05, 3.63) is 59.2 Å². The Kier molecular flexibility index (Phi) is 3.24. The molecule has 2 aromatic rings. The SMILES string of the molecule is O=C1CC(c2ccccc2)C(=O)N1c1ncccc1Cl. The van der Waals surface area contributed by atoms with Crippen LogP contribution in [0.25, 0.3) is 0 Å². The highest BCUT2D eigenvalue weighted by molar-refractivity contribution is 6.35. The van der Waals surface area contributed by atoms with Gasteiger partial charge >= 0.3 is 0 Å². The van der Waals surface area contributed by atoms with Crippen LogP contribution in [-0.4, -0.2) is 16.8 Å². The second-order valence-electron chi connectivity index (χ2n) is 4.54. The smallest absolute Gasteiger partial charge is 0.243 e. The number of carbonyl (C=O) groups is 2. The fourth-order valence-electron chi connectivity index (χ4n) is 2.34. The molecule has 0 N–H and O–H groups in total. The molecule has 1 aliphatic rings. The van der Waals surface area contributed by atoms with Crippen LogP contribution < -0.4 is 4.90 Å². The molecule has 1 fully saturated rings. The third-order valence-electron chi connectivity index (χ3n) is 3.30. The zero-order valence-corrected chi connectivity index (χ0v) is 11.2. The van der Waals surface area contributed by atoms with E-state index in [1.165, 1.54) is 6.20 Å². The van der Waals surface area contributed by atoms with E-state index in [2.05, 4.69) is 4.98 Å². The van der Waals surface area contributed by atoms with Gasteiger partial charge in [-0.25, -0.2) is 9.88 Å². The third kappa shape index (κ3) is 2.08. The lowest BCUT2D eigenvalue weighted by atomic mass is 9.98. The Balaban J connectivity index is 1.98. The molecule has 1 aliphatic heterocycles. The van der Waals surface area contributed by atoms with Gasteiger partial charge in [-0.15, -0.1) is 0 Å². The van der Waals surface area contributed by atoms with E-state index in [9.17, 15) is 9.59 Å². The van der Waals surface area contributed by atoms with Gasteiger partial charge in [0, 0.05) is 12.6 Å². The van der Waals surface area contributed by atoms with Crippen LogP contribution in [0.5, 0.6) is 0 Å². The van der Waals surface area contributed by atoms with Crippen LogP contribution in [-0.2, 0) is 9.59 Å². The van der Waals surface area contributed by atoms with E-state index in [-0.39, 0.29) is 24.1 Å². The molecule has 3 rings (SSSR count). The predicted octanol–water partition coefficient (Wildman–Crippen LogP) is 2.78. The van der Waals surface area contributed by atoms with E-state index in [0.29, 0.717) is 5.02 Å². The van der Waals surface area contributed by atoms with Gasteiger partial charge in [-0.3, -0.25) is 9.59 Å². The first-order valence-corrected chi connectivity index (χ1v) is 6.58. The summed E-state index contributed by atoms with van der Waals surface area (Å²) in [6, 6.07) is 12.5. The van der Waals surface area contributed by atoms with Gasteiger partial charge < -0.3 is 0 Å². The van der Waals surface area contributed by atoms with E-state index in [1.54, 1.807) is 12.1 Å². The van der Waals surface area contributed by atoms with Gasteiger partial charge in [-0.05, 0) is 17.7 Å². The first kappa shape index (κ1) is 12.8. The monoisotopic (exact) mass is 286 g/mol. The van der Waals surface area contributed by atoms with Crippen molar-refractivity contribution in [3.8, 4) is 0 Å². The minimum atomic E-state index is -0.457. The Morgan fingerprint density at radius 2 is 1.85 bits per heavy atom. The molecule has 1 aromatic heterocycles. The number of benzene rings is 1. The summed E-state index contributed by atoms with van der Waals surface area (Å²) in [6.07, 6.45) is 1.66. The Labute approximate surface area is 121 Å². The Morgan fingerprint density at radius 1 is 1.10 bits per heavy atom. The molecule has 0 radical (unpaired) electrons. The number of imide groups is 1. The maximum absolute atomic E-state index is 12.5. The van der Waals surface area contributed by atoms with Gasteiger partial charge in [-0.2, -0.15) is 0 Å². The van der Waals surface area contributed by atoms with Gasteiger partial charge in [-0.1, -0.05) is 41.9 Å². The Morgan fingerprint density at radius 3 is 2.55 bits per heavy atom. The van der Waals surface area contributed by atoms with Gasteiger partial charge in [0.1, 0.15) is 0 Å². The van der Waals surface area contributed by atoms with Crippen molar-refractivity contribution < 1.29 is 9.59 Å². The van der Waals surface area contributed by atoms with Crippen molar-refractivity contribution in [1.29, 1.82) is 0 Å². The number of carbonyl (C=O) groups excluding carboxylic acids is 2. The molecule has 0 spiro atoms. The van der Waals surface area contributed by atoms with E-state index in [1.807, 2.05) is 30.3 Å². The Bertz CT molecular complexity index is 673. The zero-order valence-electron chi connectivity index (χ0n) is 10.5. The summed E-state index contributed by atoms with van der Waals surface area (Å²) in [5.74, 6) is -0.796. The summed E-state index contributed by atoms with van der Waals surface area (Å²) in [4.78, 5) is 29.7. The van der Waals surface area contributed by atoms with Crippen molar-refractivity contribution in [2.45, 2.75) is 12.3 Å². The van der Waals surface area contributed by atoms with Crippen molar-refractivity contribution >= 4 is 29.2 Å². The maximum Gasteiger partial charge on any atom is 0.243 e. The van der Waals surface area contributed by atoms with E-state index < -0.39 is 5.92 Å². The second-order valence-corrected chi connectivity index (χ2v) is 4.95. The average Bonchev–Trinajstić information content (AvgIpc) is 2.76. The van der Waals surface area contributed by atoms with Gasteiger partial charge in [0.2, 0.25) is 11.8 Å². The number of halogens is 1. The lowest BCUT2D eigenvalue weighted by Crippen LogP contribution is -2.31. The number of hydrogen-bond acceptors (Lipinski definition) is 3. The topological polar surface area (TPSA) is 50.3 Å². The van der Waals surface area contributed by atoms with Crippen LogP contribution in [0.1, 0.15) is 17.9 Å². The van der Waals surface area contributed by atoms with Gasteiger partial charge in [0.25, 0.3) is 0 Å². The molecule has 1 aromatic carbocycles. The number of anilines is 1. The molecule has 100 valence electrons. The number of pyridine rings is 1. The molecule has 2 heterocycles. The van der Waals surface area contributed by atoms with Crippen molar-refractivity contribution in [3.63, 3.8) is 0 Å². The number of nitrogens with zero attached hydrogens (tertiary/aromatic N) is 2. The number of rotatable bonds is 2. The summed E-state index contributed by atoms with van der Waals surface area (Å²) in [7, 11) is 0. The molecule has 1 atom stereocenters. The van der Waals surface area contributed by atoms with Crippen LogP contribution >= 0.6 is 11.6 Å². The highest BCUT2D eigenvalue weighted by Gasteiger charge is 2.41. The molecule has 1 unspecified atom stereocenters. The molecule has 20 heavy (non-hydrogen) atoms. The first-order chi connectivity index (χ1) is 9.68. The van der Waals surface area contributed by atoms with Crippen molar-refractivity contribution in [2.24, 2.45) is 0 Å². The quantitative estimate of drug-likeness (QED) is 0.798. The first-order valence-electron chi connectivity index (χ1n) is 6.21. The highest BCUT2D eigenvalue weighted by atomic mass is 35.5. The molecule has 2 amide bonds. The summed E-state index contributed by atoms with van der Waals surface area (Å²) >= 11 is 6.02. The highest BCUT2D eigenvalue weighted by Crippen LogP contribution is 2.34. The number of aromatic nitrogens is 1. The van der Waals surface area contributed by atoms with Crippen LogP contribution in [0.2, 0.25) is 5.02 Å². The summed E-state index contributed by atoms with van der Waals surface area (Å²) in [6.45, 7) is 0. The van der Waals surface area contributed by atoms with Gasteiger partial charge in [0.15, 0.2) is 5.82 Å². The fourth-order valence-corrected chi connectivity index (χ4v) is 2.55. The van der Waals surface area contributed by atoms with Crippen LogP contribution in [0.4, 0.5) is 5.82 Å². The van der Waals surface area contributed by atoms with Crippen LogP contribution in [0.15, 0.2) is 48.7 Å². The van der Waals surface area contributed by atoms with Gasteiger partial charge in [0.05, 0.1) is 10.9 Å². The predicted molar refractivity (Wildman–Crippen MR) is 75.5 cm³/mol. The lowest BCUT2D eigenvalue weighted by molar-refractivity contribution is -0.121. The lowest BCUT2D eigenvalue weighted by Gasteiger charge is -2.15. The summed E-state index contributed by atoms with van der Waals surface area (Å²) in [5, 5.41) is 0.294. The Hall–Kier alpha value is -2.20. The molecule has 1 saturated heterocycles. The normalized spacial score (nSPS) is 18.6. The molecule has 0 aliphatic carbocycles. The molecule has 4 nitrogen and oxygen atoms in total. The van der Waals surface area contributed by atoms with Crippen LogP contribution in [0, 0.1) is 0 Å². The maximum atomic E-state index is 12.5. The zero-order chi connectivity index (χ0) is 14.1. The summed E-state index contributed by atoms with van der Waals surface area (Å²) < 4.78 is 0. The molecule has 0 saturated carbocycles. The largest absolute Gasteiger partial charge is 0.274 e. The van der Waals surface area contributed by atoms with Crippen molar-refractivity contribution in [1.82, 2.24) is 4.98 Å². The van der Waals surface area contributed by atoms with E-state index >= 15 is 0 Å². The van der Waals surface area contributed by atoms with Crippen molar-refractivity contribution in [2.75, 3.05) is 4.90 Å². The minimum absolute atomic E-state index is 0.149. The molecular formula is C15H11ClN2O2. The molecular weight excluding hydrogens is 276 g/mol. The van der Waals surface area contributed by atoms with E-state index in [0.717, 1.165) is 10.5 Å². The summed E-state index contributed by atoms with van der Waals surface area (Å²) in [5.41, 5.74) is 0.834. The average molecular weight is 287 g/mol. The standard InChI is InChI=1S/C15H11ClN2O2/c16-12-7-4-8-17-14(12)18-13(19)9-11(15(18)20)10-5-2-1-3-6-10/h1-8,11H,9H2. The number of hydrogen-bond donors (Lipinski definition) is 0. The minimum Gasteiger partial charge on any atom is -0.274 e.